The number of aromatic nitrogens is 1. The van der Waals surface area contributed by atoms with Gasteiger partial charge in [-0.15, -0.1) is 0 Å². The number of nitrogens with two attached hydrogens (primary N) is 1. The van der Waals surface area contributed by atoms with Crippen LogP contribution >= 0.6 is 0 Å². The van der Waals surface area contributed by atoms with Gasteiger partial charge in [0.25, 0.3) is 5.56 Å². The van der Waals surface area contributed by atoms with Crippen LogP contribution in [0.5, 0.6) is 0 Å². The first-order valence-corrected chi connectivity index (χ1v) is 6.48. The van der Waals surface area contributed by atoms with Crippen LogP contribution in [0.25, 0.3) is 10.9 Å². The van der Waals surface area contributed by atoms with Crippen LogP contribution in [0.4, 0.5) is 0 Å². The third-order valence-electron chi connectivity index (χ3n) is 3.37. The lowest BCUT2D eigenvalue weighted by Gasteiger charge is -2.11. The summed E-state index contributed by atoms with van der Waals surface area (Å²) in [4.78, 5) is 25.6. The number of fused-ring (bicyclic) bond motifs is 1. The Morgan fingerprint density at radius 2 is 2.11 bits per heavy atom. The number of para-hydroxylation sites is 1. The van der Waals surface area contributed by atoms with Gasteiger partial charge < -0.3 is 10.7 Å². The average Bonchev–Trinajstić information content (AvgIpc) is 2.37. The Kier molecular flexibility index (Phi) is 4.00. The molecule has 1 atom stereocenters. The number of rotatable bonds is 5. The minimum Gasteiger partial charge on any atom is -0.370 e. The first-order valence-electron chi connectivity index (χ1n) is 6.48. The quantitative estimate of drug-likeness (QED) is 0.863. The fourth-order valence-corrected chi connectivity index (χ4v) is 2.27. The molecule has 0 saturated carbocycles. The summed E-state index contributed by atoms with van der Waals surface area (Å²) >= 11 is 0. The van der Waals surface area contributed by atoms with E-state index < -0.39 is 0 Å². The second-order valence-corrected chi connectivity index (χ2v) is 4.90. The van der Waals surface area contributed by atoms with Crippen LogP contribution in [0.15, 0.2) is 35.1 Å². The molecule has 1 amide bonds. The molecule has 0 saturated heterocycles. The van der Waals surface area contributed by atoms with Crippen LogP contribution in [0.1, 0.15) is 37.7 Å². The number of benzene rings is 1. The van der Waals surface area contributed by atoms with Gasteiger partial charge in [0, 0.05) is 17.5 Å². The van der Waals surface area contributed by atoms with Gasteiger partial charge >= 0.3 is 0 Å². The number of primary amides is 1. The Morgan fingerprint density at radius 3 is 2.84 bits per heavy atom. The molecule has 0 radical (unpaired) electrons. The molecule has 100 valence electrons. The highest BCUT2D eigenvalue weighted by atomic mass is 16.1. The number of hydrogen-bond donors (Lipinski definition) is 2. The van der Waals surface area contributed by atoms with Crippen LogP contribution < -0.4 is 11.3 Å². The molecule has 2 rings (SSSR count). The van der Waals surface area contributed by atoms with Crippen molar-refractivity contribution >= 4 is 16.8 Å². The van der Waals surface area contributed by atoms with Crippen molar-refractivity contribution in [3.63, 3.8) is 0 Å². The molecule has 0 aliphatic heterocycles. The van der Waals surface area contributed by atoms with E-state index in [1.54, 1.807) is 0 Å². The summed E-state index contributed by atoms with van der Waals surface area (Å²) in [7, 11) is 0. The van der Waals surface area contributed by atoms with Crippen LogP contribution in [0, 0.1) is 0 Å². The maximum Gasteiger partial charge on any atom is 0.251 e. The normalized spacial score (nSPS) is 12.5. The Morgan fingerprint density at radius 1 is 1.37 bits per heavy atom. The number of carbonyl (C=O) groups is 1. The largest absolute Gasteiger partial charge is 0.370 e. The molecule has 3 N–H and O–H groups in total. The monoisotopic (exact) mass is 258 g/mol. The molecule has 4 nitrogen and oxygen atoms in total. The fourth-order valence-electron chi connectivity index (χ4n) is 2.27. The molecule has 1 unspecified atom stereocenters. The van der Waals surface area contributed by atoms with Crippen molar-refractivity contribution in [1.29, 1.82) is 0 Å². The van der Waals surface area contributed by atoms with E-state index in [0.717, 1.165) is 22.9 Å². The Bertz CT molecular complexity index is 646. The van der Waals surface area contributed by atoms with Crippen molar-refractivity contribution in [2.75, 3.05) is 0 Å². The molecule has 4 heteroatoms. The molecule has 0 aliphatic carbocycles. The van der Waals surface area contributed by atoms with E-state index >= 15 is 0 Å². The summed E-state index contributed by atoms with van der Waals surface area (Å²) in [5, 5.41) is 1.03. The second-order valence-electron chi connectivity index (χ2n) is 4.90. The molecule has 1 aromatic carbocycles. The first kappa shape index (κ1) is 13.3. The fraction of sp³-hybridized carbons (Fsp3) is 0.333. The van der Waals surface area contributed by atoms with E-state index in [1.165, 1.54) is 0 Å². The van der Waals surface area contributed by atoms with Crippen molar-refractivity contribution in [2.24, 2.45) is 5.73 Å². The van der Waals surface area contributed by atoms with Crippen molar-refractivity contribution in [3.8, 4) is 0 Å². The zero-order chi connectivity index (χ0) is 13.8. The predicted octanol–water partition coefficient (Wildman–Crippen LogP) is 2.29. The lowest BCUT2D eigenvalue weighted by Crippen LogP contribution is -2.15. The zero-order valence-electron chi connectivity index (χ0n) is 11.0. The lowest BCUT2D eigenvalue weighted by atomic mass is 9.95. The van der Waals surface area contributed by atoms with Crippen molar-refractivity contribution in [1.82, 2.24) is 4.98 Å². The Balaban J connectivity index is 2.21. The van der Waals surface area contributed by atoms with Gasteiger partial charge in [-0.25, -0.2) is 0 Å². The third-order valence-corrected chi connectivity index (χ3v) is 3.37. The highest BCUT2D eigenvalue weighted by Crippen LogP contribution is 2.21. The molecule has 1 aromatic heterocycles. The van der Waals surface area contributed by atoms with Gasteiger partial charge in [0.15, 0.2) is 0 Å². The maximum absolute atomic E-state index is 12.0. The number of aromatic amines is 1. The van der Waals surface area contributed by atoms with Gasteiger partial charge in [-0.1, -0.05) is 25.1 Å². The molecular formula is C15H18N2O2. The molecule has 1 heterocycles. The number of pyridine rings is 1. The summed E-state index contributed by atoms with van der Waals surface area (Å²) in [5.41, 5.74) is 6.68. The van der Waals surface area contributed by atoms with Crippen LogP contribution in [0.2, 0.25) is 0 Å². The van der Waals surface area contributed by atoms with E-state index in [1.807, 2.05) is 37.3 Å². The van der Waals surface area contributed by atoms with Gasteiger partial charge in [-0.05, 0) is 36.3 Å². The predicted molar refractivity (Wildman–Crippen MR) is 76.0 cm³/mol. The van der Waals surface area contributed by atoms with Gasteiger partial charge in [0.1, 0.15) is 0 Å². The van der Waals surface area contributed by atoms with Gasteiger partial charge in [0.05, 0.1) is 0 Å². The van der Waals surface area contributed by atoms with Crippen LogP contribution in [-0.4, -0.2) is 10.9 Å². The number of H-pyrrole nitrogens is 1. The number of hydrogen-bond acceptors (Lipinski definition) is 2. The van der Waals surface area contributed by atoms with E-state index in [-0.39, 0.29) is 17.4 Å². The second kappa shape index (κ2) is 5.69. The SMILES string of the molecule is CC(CCCC(N)=O)c1cc2ccccc2[nH]c1=O. The van der Waals surface area contributed by atoms with Crippen LogP contribution in [0.3, 0.4) is 0 Å². The van der Waals surface area contributed by atoms with Gasteiger partial charge in [0.2, 0.25) is 5.91 Å². The van der Waals surface area contributed by atoms with Gasteiger partial charge in [-0.2, -0.15) is 0 Å². The molecule has 2 aromatic rings. The summed E-state index contributed by atoms with van der Waals surface area (Å²) < 4.78 is 0. The highest BCUT2D eigenvalue weighted by molar-refractivity contribution is 5.78. The van der Waals surface area contributed by atoms with Crippen LogP contribution in [-0.2, 0) is 4.79 Å². The average molecular weight is 258 g/mol. The molecule has 0 aliphatic rings. The van der Waals surface area contributed by atoms with Crippen molar-refractivity contribution in [2.45, 2.75) is 32.1 Å². The Labute approximate surface area is 111 Å². The lowest BCUT2D eigenvalue weighted by molar-refractivity contribution is -0.118. The van der Waals surface area contributed by atoms with E-state index in [0.29, 0.717) is 12.8 Å². The van der Waals surface area contributed by atoms with Gasteiger partial charge in [-0.3, -0.25) is 9.59 Å². The summed E-state index contributed by atoms with van der Waals surface area (Å²) in [6.45, 7) is 2.00. The summed E-state index contributed by atoms with van der Waals surface area (Å²) in [6, 6.07) is 9.64. The minimum absolute atomic E-state index is 0.0507. The zero-order valence-corrected chi connectivity index (χ0v) is 11.0. The summed E-state index contributed by atoms with van der Waals surface area (Å²) in [5.74, 6) is -0.174. The number of carbonyl (C=O) groups excluding carboxylic acids is 1. The Hall–Kier alpha value is -2.10. The number of amides is 1. The van der Waals surface area contributed by atoms with Crippen molar-refractivity contribution in [3.05, 3.63) is 46.2 Å². The minimum atomic E-state index is -0.292. The van der Waals surface area contributed by atoms with Crippen molar-refractivity contribution < 1.29 is 4.79 Å². The standard InChI is InChI=1S/C15H18N2O2/c1-10(5-4-8-14(16)18)12-9-11-6-2-3-7-13(11)17-15(12)19/h2-3,6-7,9-10H,4-5,8H2,1H3,(H2,16,18)(H,17,19). The maximum atomic E-state index is 12.0. The molecule has 19 heavy (non-hydrogen) atoms. The van der Waals surface area contributed by atoms with E-state index in [9.17, 15) is 9.59 Å². The summed E-state index contributed by atoms with van der Waals surface area (Å²) in [6.07, 6.45) is 1.86. The molecule has 0 fully saturated rings. The topological polar surface area (TPSA) is 76.0 Å². The number of nitrogens with one attached hydrogen (secondary N) is 1. The smallest absolute Gasteiger partial charge is 0.251 e. The van der Waals surface area contributed by atoms with E-state index in [2.05, 4.69) is 4.98 Å². The molecular weight excluding hydrogens is 240 g/mol. The molecule has 0 bridgehead atoms. The molecule has 0 spiro atoms. The third kappa shape index (κ3) is 3.22. The highest BCUT2D eigenvalue weighted by Gasteiger charge is 2.11. The van der Waals surface area contributed by atoms with E-state index in [4.69, 9.17) is 5.73 Å². The first-order chi connectivity index (χ1) is 9.08.